The van der Waals surface area contributed by atoms with Gasteiger partial charge < -0.3 is 5.32 Å². The van der Waals surface area contributed by atoms with Crippen LogP contribution in [0.25, 0.3) is 5.95 Å². The quantitative estimate of drug-likeness (QED) is 0.567. The second kappa shape index (κ2) is 10.2. The van der Waals surface area contributed by atoms with Crippen LogP contribution >= 0.6 is 25.1 Å². The summed E-state index contributed by atoms with van der Waals surface area (Å²) in [7, 11) is -2.39. The normalized spacial score (nSPS) is 13.2. The molecular weight excluding hydrogens is 477 g/mol. The first-order chi connectivity index (χ1) is 14.1. The number of carbonyl (C=O) groups excluding carboxylic acids is 1. The van der Waals surface area contributed by atoms with E-state index < -0.39 is 34.7 Å². The molecule has 166 valence electrons. The molecule has 0 bridgehead atoms. The van der Waals surface area contributed by atoms with E-state index in [1.54, 1.807) is 13.0 Å². The predicted molar refractivity (Wildman–Crippen MR) is 112 cm³/mol. The van der Waals surface area contributed by atoms with E-state index in [1.807, 2.05) is 0 Å². The molecule has 1 N–H and O–H groups in total. The molecule has 1 aromatic carbocycles. The van der Waals surface area contributed by atoms with Crippen LogP contribution in [0.2, 0.25) is 5.02 Å². The molecule has 0 aliphatic heterocycles. The van der Waals surface area contributed by atoms with Crippen molar-refractivity contribution in [3.8, 4) is 5.95 Å². The molecule has 1 unspecified atom stereocenters. The van der Waals surface area contributed by atoms with Crippen molar-refractivity contribution in [1.82, 2.24) is 30.0 Å². The summed E-state index contributed by atoms with van der Waals surface area (Å²) in [4.78, 5) is 24.7. The van der Waals surface area contributed by atoms with Crippen LogP contribution in [0.15, 0.2) is 47.9 Å². The lowest BCUT2D eigenvalue weighted by Gasteiger charge is -2.15. The maximum absolute atomic E-state index is 12.6. The summed E-state index contributed by atoms with van der Waals surface area (Å²) < 4.78 is 50.9. The number of halogens is 4. The van der Waals surface area contributed by atoms with E-state index in [-0.39, 0.29) is 34.9 Å². The van der Waals surface area contributed by atoms with E-state index in [4.69, 9.17) is 11.6 Å². The molecule has 2 atom stereocenters. The fourth-order valence-corrected chi connectivity index (χ4v) is 3.78. The molecule has 2 aromatic heterocycles. The van der Waals surface area contributed by atoms with Crippen LogP contribution in [0.5, 0.6) is 0 Å². The number of nitrogens with zero attached hydrogens (tertiary/aromatic N) is 5. The van der Waals surface area contributed by atoms with E-state index in [0.29, 0.717) is 5.82 Å². The van der Waals surface area contributed by atoms with Crippen LogP contribution in [0, 0.1) is 0 Å². The Morgan fingerprint density at radius 1 is 1.23 bits per heavy atom. The molecule has 2 heterocycles. The molecule has 0 aliphatic rings. The molecule has 1 amide bonds. The van der Waals surface area contributed by atoms with Crippen LogP contribution in [-0.4, -0.2) is 46.8 Å². The molecule has 0 saturated carbocycles. The van der Waals surface area contributed by atoms with E-state index in [1.165, 1.54) is 29.5 Å². The zero-order chi connectivity index (χ0) is 21.9. The van der Waals surface area contributed by atoms with Crippen LogP contribution in [0.4, 0.5) is 13.2 Å². The number of alkyl halides is 3. The van der Waals surface area contributed by atoms with Crippen molar-refractivity contribution in [2.24, 2.45) is 0 Å². The van der Waals surface area contributed by atoms with E-state index in [2.05, 4.69) is 25.4 Å². The molecule has 0 spiro atoms. The average molecular weight is 493 g/mol. The first-order valence-corrected chi connectivity index (χ1v) is 10.1. The summed E-state index contributed by atoms with van der Waals surface area (Å²) in [6, 6.07) is 4.48. The largest absolute Gasteiger partial charge is 0.400 e. The van der Waals surface area contributed by atoms with Gasteiger partial charge in [-0.3, -0.25) is 9.00 Å². The van der Waals surface area contributed by atoms with Gasteiger partial charge in [-0.15, -0.1) is 0 Å². The fraction of sp³-hybridized carbons (Fsp3) is 0.235. The summed E-state index contributed by atoms with van der Waals surface area (Å²) in [5.41, 5.74) is -0.0399. The summed E-state index contributed by atoms with van der Waals surface area (Å²) in [5, 5.41) is 6.67. The Labute approximate surface area is 189 Å². The van der Waals surface area contributed by atoms with Gasteiger partial charge in [0.2, 0.25) is 0 Å². The Kier molecular flexibility index (Phi) is 8.14. The van der Waals surface area contributed by atoms with Gasteiger partial charge in [0.25, 0.3) is 11.9 Å². The van der Waals surface area contributed by atoms with Crippen LogP contribution in [0.1, 0.15) is 29.1 Å². The van der Waals surface area contributed by atoms with Crippen molar-refractivity contribution < 1.29 is 22.2 Å². The van der Waals surface area contributed by atoms with Gasteiger partial charge in [0.15, 0.2) is 5.82 Å². The predicted octanol–water partition coefficient (Wildman–Crippen LogP) is 2.98. The first kappa shape index (κ1) is 24.8. The molecule has 8 nitrogen and oxygen atoms in total. The number of hydrogen-bond acceptors (Lipinski definition) is 6. The highest BCUT2D eigenvalue weighted by atomic mass is 35.5. The third-order valence-electron chi connectivity index (χ3n) is 3.74. The maximum atomic E-state index is 12.6. The summed E-state index contributed by atoms with van der Waals surface area (Å²) in [6.45, 7) is 1.63. The first-order valence-electron chi connectivity index (χ1n) is 8.38. The van der Waals surface area contributed by atoms with Crippen LogP contribution in [0.3, 0.4) is 0 Å². The standard InChI is InChI=1S/C17H14ClF3N6O2S.H2S/c1-10(14-24-9-25-27(14)16-22-3-2-4-23-16)26-15(28)11-5-12(18)7-13(6-11)30(29)8-17(19,20)21;/h2-7,9-10H,8H2,1H3,(H,26,28);1H2/t10-,30?;/m1./s1. The van der Waals surface area contributed by atoms with E-state index in [9.17, 15) is 22.2 Å². The van der Waals surface area contributed by atoms with Crippen molar-refractivity contribution in [1.29, 1.82) is 0 Å². The monoisotopic (exact) mass is 492 g/mol. The Hall–Kier alpha value is -2.51. The fourth-order valence-electron chi connectivity index (χ4n) is 2.50. The van der Waals surface area contributed by atoms with Crippen molar-refractivity contribution in [3.63, 3.8) is 0 Å². The molecule has 31 heavy (non-hydrogen) atoms. The van der Waals surface area contributed by atoms with Gasteiger partial charge in [0, 0.05) is 27.9 Å². The van der Waals surface area contributed by atoms with Gasteiger partial charge >= 0.3 is 6.18 Å². The number of carbonyl (C=O) groups is 1. The van der Waals surface area contributed by atoms with Gasteiger partial charge in [-0.1, -0.05) is 11.6 Å². The molecule has 0 radical (unpaired) electrons. The Morgan fingerprint density at radius 2 is 1.90 bits per heavy atom. The third kappa shape index (κ3) is 6.48. The van der Waals surface area contributed by atoms with Gasteiger partial charge in [0.1, 0.15) is 12.1 Å². The highest BCUT2D eigenvalue weighted by molar-refractivity contribution is 7.85. The van der Waals surface area contributed by atoms with E-state index in [0.717, 1.165) is 12.1 Å². The Morgan fingerprint density at radius 3 is 2.55 bits per heavy atom. The molecule has 14 heteroatoms. The maximum Gasteiger partial charge on any atom is 0.400 e. The molecule has 3 rings (SSSR count). The van der Waals surface area contributed by atoms with E-state index >= 15 is 0 Å². The minimum Gasteiger partial charge on any atom is -0.342 e. The lowest BCUT2D eigenvalue weighted by atomic mass is 10.2. The summed E-state index contributed by atoms with van der Waals surface area (Å²) in [5.74, 6) is -1.60. The van der Waals surface area contributed by atoms with Crippen LogP contribution in [-0.2, 0) is 10.8 Å². The second-order valence-corrected chi connectivity index (χ2v) is 7.94. The number of aromatic nitrogens is 5. The zero-order valence-corrected chi connectivity index (χ0v) is 18.4. The molecular formula is C17H16ClF3N6O2S2. The Bertz CT molecular complexity index is 1080. The highest BCUT2D eigenvalue weighted by Crippen LogP contribution is 2.23. The molecule has 0 saturated heterocycles. The number of benzene rings is 1. The number of rotatable bonds is 6. The summed E-state index contributed by atoms with van der Waals surface area (Å²) >= 11 is 5.91. The molecule has 3 aromatic rings. The van der Waals surface area contributed by atoms with Crippen molar-refractivity contribution in [2.75, 3.05) is 5.75 Å². The topological polar surface area (TPSA) is 103 Å². The number of amides is 1. The minimum atomic E-state index is -4.62. The molecule has 0 aliphatic carbocycles. The third-order valence-corrected chi connectivity index (χ3v) is 5.31. The number of hydrogen-bond donors (Lipinski definition) is 1. The van der Waals surface area contributed by atoms with Gasteiger partial charge in [-0.05, 0) is 31.2 Å². The second-order valence-electron chi connectivity index (χ2n) is 6.05. The average Bonchev–Trinajstić information content (AvgIpc) is 3.17. The van der Waals surface area contributed by atoms with Crippen LogP contribution < -0.4 is 5.32 Å². The summed E-state index contributed by atoms with van der Waals surface area (Å²) in [6.07, 6.45) is -0.308. The minimum absolute atomic E-state index is 0. The van der Waals surface area contributed by atoms with Gasteiger partial charge in [-0.25, -0.2) is 15.0 Å². The van der Waals surface area contributed by atoms with Gasteiger partial charge in [-0.2, -0.15) is 36.4 Å². The smallest absolute Gasteiger partial charge is 0.342 e. The molecule has 0 fully saturated rings. The lowest BCUT2D eigenvalue weighted by Crippen LogP contribution is -2.29. The SMILES string of the molecule is C[C@@H](NC(=O)c1cc(Cl)cc(S(=O)CC(F)(F)F)c1)c1ncnn1-c1ncccn1.S. The number of nitrogens with one attached hydrogen (secondary N) is 1. The Balaban J connectivity index is 0.00000341. The highest BCUT2D eigenvalue weighted by Gasteiger charge is 2.31. The van der Waals surface area contributed by atoms with Crippen molar-refractivity contribution >= 4 is 41.8 Å². The zero-order valence-electron chi connectivity index (χ0n) is 15.8. The van der Waals surface area contributed by atoms with Crippen molar-refractivity contribution in [3.05, 3.63) is 59.4 Å². The lowest BCUT2D eigenvalue weighted by molar-refractivity contribution is -0.105. The van der Waals surface area contributed by atoms with Crippen molar-refractivity contribution in [2.45, 2.75) is 24.0 Å². The van der Waals surface area contributed by atoms with Gasteiger partial charge in [0.05, 0.1) is 16.8 Å².